The zero-order valence-corrected chi connectivity index (χ0v) is 9.19. The van der Waals surface area contributed by atoms with Gasteiger partial charge in [-0.25, -0.2) is 0 Å². The normalized spacial score (nSPS) is 17.1. The van der Waals surface area contributed by atoms with Crippen LogP contribution in [0.2, 0.25) is 0 Å². The van der Waals surface area contributed by atoms with E-state index in [4.69, 9.17) is 4.52 Å². The molecule has 0 saturated carbocycles. The maximum atomic E-state index is 11.8. The van der Waals surface area contributed by atoms with Gasteiger partial charge in [0.1, 0.15) is 0 Å². The van der Waals surface area contributed by atoms with Crippen LogP contribution in [0.15, 0.2) is 0 Å². The average Bonchev–Trinajstić information content (AvgIpc) is 2.00. The zero-order chi connectivity index (χ0) is 11.4. The van der Waals surface area contributed by atoms with Gasteiger partial charge in [-0.3, -0.25) is 9.09 Å². The van der Waals surface area contributed by atoms with E-state index in [1.807, 2.05) is 0 Å². The van der Waals surface area contributed by atoms with E-state index in [2.05, 4.69) is 4.52 Å². The van der Waals surface area contributed by atoms with E-state index >= 15 is 0 Å². The minimum Gasteiger partial charge on any atom is -0.309 e. The molecule has 0 aliphatic carbocycles. The summed E-state index contributed by atoms with van der Waals surface area (Å²) in [7, 11) is -3.61. The molecule has 0 fully saturated rings. The van der Waals surface area contributed by atoms with Crippen LogP contribution in [-0.2, 0) is 13.6 Å². The van der Waals surface area contributed by atoms with Crippen molar-refractivity contribution in [2.75, 3.05) is 13.2 Å². The van der Waals surface area contributed by atoms with Gasteiger partial charge in [0, 0.05) is 0 Å². The predicted octanol–water partition coefficient (Wildman–Crippen LogP) is 3.20. The molecular formula is C7H14F3O3P. The van der Waals surface area contributed by atoms with Gasteiger partial charge in [-0.1, -0.05) is 13.8 Å². The Kier molecular flexibility index (Phi) is 5.12. The molecule has 0 bridgehead atoms. The van der Waals surface area contributed by atoms with Crippen LogP contribution in [0.1, 0.15) is 20.8 Å². The van der Waals surface area contributed by atoms with Crippen molar-refractivity contribution in [3.05, 3.63) is 0 Å². The van der Waals surface area contributed by atoms with Crippen molar-refractivity contribution >= 4 is 7.60 Å². The van der Waals surface area contributed by atoms with Crippen molar-refractivity contribution in [3.63, 3.8) is 0 Å². The quantitative estimate of drug-likeness (QED) is 0.685. The molecule has 0 radical (unpaired) electrons. The summed E-state index contributed by atoms with van der Waals surface area (Å²) in [6.45, 7) is 3.06. The summed E-state index contributed by atoms with van der Waals surface area (Å²) in [5.74, 6) is 0. The Bertz CT molecular complexity index is 215. The Hall–Kier alpha value is -0.0600. The van der Waals surface area contributed by atoms with E-state index < -0.39 is 26.0 Å². The Labute approximate surface area is 81.1 Å². The first-order valence-corrected chi connectivity index (χ1v) is 5.78. The summed E-state index contributed by atoms with van der Waals surface area (Å²) in [6.07, 6.45) is -4.48. The standard InChI is InChI=1S/C7H14F3O3P/c1-4-12-14(11,6(2)3)13-5-7(8,9)10/h6H,4-5H2,1-3H3. The third-order valence-corrected chi connectivity index (χ3v) is 3.72. The fourth-order valence-electron chi connectivity index (χ4n) is 0.679. The summed E-state index contributed by atoms with van der Waals surface area (Å²) in [6, 6.07) is 0. The van der Waals surface area contributed by atoms with Crippen molar-refractivity contribution < 1.29 is 26.8 Å². The van der Waals surface area contributed by atoms with Gasteiger partial charge in [0.25, 0.3) is 0 Å². The first-order valence-electron chi connectivity index (χ1n) is 4.17. The summed E-state index contributed by atoms with van der Waals surface area (Å²) < 4.78 is 56.0. The highest BCUT2D eigenvalue weighted by molar-refractivity contribution is 7.54. The van der Waals surface area contributed by atoms with E-state index in [1.54, 1.807) is 6.92 Å². The van der Waals surface area contributed by atoms with E-state index in [9.17, 15) is 17.7 Å². The van der Waals surface area contributed by atoms with Gasteiger partial charge >= 0.3 is 13.8 Å². The Morgan fingerprint density at radius 2 is 1.79 bits per heavy atom. The van der Waals surface area contributed by atoms with Gasteiger partial charge in [0.2, 0.25) is 0 Å². The first kappa shape index (κ1) is 13.9. The number of halogens is 3. The van der Waals surface area contributed by atoms with Gasteiger partial charge in [-0.05, 0) is 6.92 Å². The lowest BCUT2D eigenvalue weighted by molar-refractivity contribution is -0.155. The number of alkyl halides is 3. The maximum Gasteiger partial charge on any atom is 0.412 e. The molecular weight excluding hydrogens is 220 g/mol. The molecule has 0 saturated heterocycles. The molecule has 86 valence electrons. The SMILES string of the molecule is CCOP(=O)(OCC(F)(F)F)C(C)C. The van der Waals surface area contributed by atoms with Crippen LogP contribution in [0.25, 0.3) is 0 Å². The van der Waals surface area contributed by atoms with Crippen LogP contribution in [0.5, 0.6) is 0 Å². The Morgan fingerprint density at radius 1 is 1.29 bits per heavy atom. The molecule has 0 aliphatic rings. The van der Waals surface area contributed by atoms with Crippen molar-refractivity contribution in [1.82, 2.24) is 0 Å². The molecule has 0 aromatic carbocycles. The molecule has 0 aromatic rings. The second kappa shape index (κ2) is 5.14. The van der Waals surface area contributed by atoms with Crippen LogP contribution in [0, 0.1) is 0 Å². The third-order valence-electron chi connectivity index (χ3n) is 1.35. The molecule has 0 N–H and O–H groups in total. The van der Waals surface area contributed by atoms with E-state index in [-0.39, 0.29) is 6.61 Å². The van der Waals surface area contributed by atoms with Crippen molar-refractivity contribution in [2.45, 2.75) is 32.6 Å². The Balaban J connectivity index is 4.32. The van der Waals surface area contributed by atoms with E-state index in [0.29, 0.717) is 0 Å². The number of hydrogen-bond donors (Lipinski definition) is 0. The average molecular weight is 234 g/mol. The lowest BCUT2D eigenvalue weighted by Crippen LogP contribution is -2.18. The molecule has 0 rings (SSSR count). The summed E-state index contributed by atoms with van der Waals surface area (Å²) in [5, 5.41) is 0. The monoisotopic (exact) mass is 234 g/mol. The van der Waals surface area contributed by atoms with Crippen LogP contribution >= 0.6 is 7.60 Å². The van der Waals surface area contributed by atoms with E-state index in [1.165, 1.54) is 13.8 Å². The molecule has 1 unspecified atom stereocenters. The largest absolute Gasteiger partial charge is 0.412 e. The second-order valence-corrected chi connectivity index (χ2v) is 5.57. The fourth-order valence-corrected chi connectivity index (χ4v) is 2.04. The molecule has 14 heavy (non-hydrogen) atoms. The smallest absolute Gasteiger partial charge is 0.309 e. The molecule has 0 amide bonds. The molecule has 0 aromatic heterocycles. The van der Waals surface area contributed by atoms with Crippen molar-refractivity contribution in [2.24, 2.45) is 0 Å². The van der Waals surface area contributed by atoms with Crippen molar-refractivity contribution in [1.29, 1.82) is 0 Å². The van der Waals surface area contributed by atoms with Crippen LogP contribution in [-0.4, -0.2) is 25.0 Å². The van der Waals surface area contributed by atoms with Gasteiger partial charge in [0.05, 0.1) is 12.3 Å². The van der Waals surface area contributed by atoms with Crippen LogP contribution < -0.4 is 0 Å². The summed E-state index contributed by atoms with van der Waals surface area (Å²) >= 11 is 0. The van der Waals surface area contributed by atoms with Gasteiger partial charge in [-0.2, -0.15) is 13.2 Å². The molecule has 7 heteroatoms. The summed E-state index contributed by atoms with van der Waals surface area (Å²) in [4.78, 5) is 0. The topological polar surface area (TPSA) is 35.5 Å². The number of rotatable bonds is 5. The summed E-state index contributed by atoms with van der Waals surface area (Å²) in [5.41, 5.74) is -0.579. The third kappa shape index (κ3) is 4.98. The molecule has 3 nitrogen and oxygen atoms in total. The van der Waals surface area contributed by atoms with E-state index in [0.717, 1.165) is 0 Å². The van der Waals surface area contributed by atoms with Gasteiger partial charge < -0.3 is 4.52 Å². The minimum absolute atomic E-state index is 0.0628. The minimum atomic E-state index is -4.48. The van der Waals surface area contributed by atoms with Crippen LogP contribution in [0.4, 0.5) is 13.2 Å². The molecule has 0 aliphatic heterocycles. The fraction of sp³-hybridized carbons (Fsp3) is 1.00. The molecule has 0 spiro atoms. The number of hydrogen-bond acceptors (Lipinski definition) is 3. The highest BCUT2D eigenvalue weighted by Crippen LogP contribution is 2.53. The highest BCUT2D eigenvalue weighted by Gasteiger charge is 2.36. The van der Waals surface area contributed by atoms with Gasteiger partial charge in [-0.15, -0.1) is 0 Å². The highest BCUT2D eigenvalue weighted by atomic mass is 31.2. The lowest BCUT2D eigenvalue weighted by Gasteiger charge is -2.21. The van der Waals surface area contributed by atoms with Gasteiger partial charge in [0.15, 0.2) is 6.61 Å². The lowest BCUT2D eigenvalue weighted by atomic mass is 10.6. The molecule has 0 heterocycles. The molecule has 1 atom stereocenters. The Morgan fingerprint density at radius 3 is 2.07 bits per heavy atom. The predicted molar refractivity (Wildman–Crippen MR) is 46.4 cm³/mol. The van der Waals surface area contributed by atoms with Crippen molar-refractivity contribution in [3.8, 4) is 0 Å². The second-order valence-electron chi connectivity index (χ2n) is 2.94. The zero-order valence-electron chi connectivity index (χ0n) is 8.30. The van der Waals surface area contributed by atoms with Crippen LogP contribution in [0.3, 0.4) is 0 Å². The first-order chi connectivity index (χ1) is 6.21. The maximum absolute atomic E-state index is 11.8.